The van der Waals surface area contributed by atoms with Crippen LogP contribution in [0.25, 0.3) is 0 Å². The second-order valence-electron chi connectivity index (χ2n) is 1.54. The van der Waals surface area contributed by atoms with Crippen LogP contribution in [0, 0.1) is 0 Å². The molecule has 6 heteroatoms. The largest absolute Gasteiger partial charge is 0.335 e. The predicted octanol–water partition coefficient (Wildman–Crippen LogP) is 0.436. The summed E-state index contributed by atoms with van der Waals surface area (Å²) in [5, 5.41) is 9.15. The van der Waals surface area contributed by atoms with Gasteiger partial charge in [-0.25, -0.2) is 4.68 Å². The van der Waals surface area contributed by atoms with Gasteiger partial charge in [-0.1, -0.05) is 23.5 Å². The number of hydrogen-bond acceptors (Lipinski definition) is 5. The number of hydrogen-bond donors (Lipinski definition) is 1. The van der Waals surface area contributed by atoms with Gasteiger partial charge in [0.05, 0.1) is 0 Å². The second-order valence-corrected chi connectivity index (χ2v) is 3.09. The van der Waals surface area contributed by atoms with Crippen molar-refractivity contribution < 1.29 is 0 Å². The molecule has 0 spiro atoms. The van der Waals surface area contributed by atoms with Crippen molar-refractivity contribution in [3.63, 3.8) is 0 Å². The van der Waals surface area contributed by atoms with Crippen LogP contribution in [0.15, 0.2) is 10.3 Å². The highest BCUT2D eigenvalue weighted by molar-refractivity contribution is 7.99. The van der Waals surface area contributed by atoms with E-state index >= 15 is 0 Å². The summed E-state index contributed by atoms with van der Waals surface area (Å²) in [6.45, 7) is 0. The maximum absolute atomic E-state index is 5.57. The number of thioether (sulfide) groups is 2. The van der Waals surface area contributed by atoms with Crippen LogP contribution in [0.2, 0.25) is 0 Å². The van der Waals surface area contributed by atoms with Gasteiger partial charge in [0.25, 0.3) is 0 Å². The molecular weight excluding hydrogens is 168 g/mol. The minimum Gasteiger partial charge on any atom is -0.335 e. The predicted molar refractivity (Wildman–Crippen MR) is 43.7 cm³/mol. The number of rotatable bonds is 2. The Bertz CT molecular complexity index is 200. The number of nitrogens with zero attached hydrogens (tertiary/aromatic N) is 3. The Morgan fingerprint density at radius 3 is 1.80 bits per heavy atom. The Balaban J connectivity index is 2.97. The molecule has 1 aromatic heterocycles. The zero-order valence-electron chi connectivity index (χ0n) is 5.74. The first-order valence-corrected chi connectivity index (χ1v) is 5.03. The van der Waals surface area contributed by atoms with Crippen LogP contribution >= 0.6 is 23.5 Å². The highest BCUT2D eigenvalue weighted by Crippen LogP contribution is 2.15. The molecule has 0 aliphatic rings. The number of aromatic nitrogens is 3. The third kappa shape index (κ3) is 1.22. The molecule has 0 amide bonds. The van der Waals surface area contributed by atoms with Crippen LogP contribution in [0.3, 0.4) is 0 Å². The average Bonchev–Trinajstić information content (AvgIpc) is 2.30. The van der Waals surface area contributed by atoms with E-state index in [2.05, 4.69) is 10.2 Å². The summed E-state index contributed by atoms with van der Waals surface area (Å²) in [4.78, 5) is 0. The normalized spacial score (nSPS) is 10.2. The summed E-state index contributed by atoms with van der Waals surface area (Å²) in [5.41, 5.74) is 0. The second kappa shape index (κ2) is 3.16. The molecule has 4 nitrogen and oxygen atoms in total. The maximum Gasteiger partial charge on any atom is 0.210 e. The molecule has 0 unspecified atom stereocenters. The smallest absolute Gasteiger partial charge is 0.210 e. The molecule has 0 bridgehead atoms. The summed E-state index contributed by atoms with van der Waals surface area (Å²) in [6.07, 6.45) is 3.83. The van der Waals surface area contributed by atoms with Crippen LogP contribution in [-0.4, -0.2) is 27.4 Å². The molecule has 0 atom stereocenters. The van der Waals surface area contributed by atoms with E-state index < -0.39 is 0 Å². The van der Waals surface area contributed by atoms with Gasteiger partial charge < -0.3 is 5.84 Å². The Labute approximate surface area is 67.5 Å². The maximum atomic E-state index is 5.57. The first-order valence-electron chi connectivity index (χ1n) is 2.58. The fourth-order valence-corrected chi connectivity index (χ4v) is 1.41. The Morgan fingerprint density at radius 1 is 1.20 bits per heavy atom. The molecule has 0 saturated heterocycles. The van der Waals surface area contributed by atoms with E-state index in [4.69, 9.17) is 5.84 Å². The zero-order chi connectivity index (χ0) is 7.56. The summed E-state index contributed by atoms with van der Waals surface area (Å²) in [7, 11) is 0. The molecule has 56 valence electrons. The first-order chi connectivity index (χ1) is 4.79. The van der Waals surface area contributed by atoms with Crippen LogP contribution in [0.1, 0.15) is 0 Å². The molecule has 10 heavy (non-hydrogen) atoms. The van der Waals surface area contributed by atoms with E-state index in [1.54, 1.807) is 0 Å². The first kappa shape index (κ1) is 7.74. The quantitative estimate of drug-likeness (QED) is 0.523. The van der Waals surface area contributed by atoms with Crippen molar-refractivity contribution in [1.82, 2.24) is 14.9 Å². The van der Waals surface area contributed by atoms with Gasteiger partial charge in [0.2, 0.25) is 10.3 Å². The monoisotopic (exact) mass is 176 g/mol. The third-order valence-electron chi connectivity index (χ3n) is 0.998. The van der Waals surface area contributed by atoms with Crippen molar-refractivity contribution in [2.75, 3.05) is 18.4 Å². The summed E-state index contributed by atoms with van der Waals surface area (Å²) in [5.74, 6) is 5.57. The number of nitrogen functional groups attached to an aromatic ring is 1. The van der Waals surface area contributed by atoms with E-state index in [1.165, 1.54) is 28.2 Å². The van der Waals surface area contributed by atoms with E-state index in [0.29, 0.717) is 0 Å². The van der Waals surface area contributed by atoms with Crippen LogP contribution < -0.4 is 5.84 Å². The lowest BCUT2D eigenvalue weighted by Gasteiger charge is -1.96. The van der Waals surface area contributed by atoms with E-state index in [9.17, 15) is 0 Å². The van der Waals surface area contributed by atoms with Gasteiger partial charge in [-0.3, -0.25) is 0 Å². The van der Waals surface area contributed by atoms with Crippen molar-refractivity contribution in [3.05, 3.63) is 0 Å². The molecular formula is C4H8N4S2. The van der Waals surface area contributed by atoms with Crippen molar-refractivity contribution in [1.29, 1.82) is 0 Å². The van der Waals surface area contributed by atoms with Crippen LogP contribution in [-0.2, 0) is 0 Å². The lowest BCUT2D eigenvalue weighted by Crippen LogP contribution is -2.10. The van der Waals surface area contributed by atoms with Crippen molar-refractivity contribution in [3.8, 4) is 0 Å². The summed E-state index contributed by atoms with van der Waals surface area (Å²) in [6, 6.07) is 0. The summed E-state index contributed by atoms with van der Waals surface area (Å²) < 4.78 is 1.48. The summed E-state index contributed by atoms with van der Waals surface area (Å²) >= 11 is 2.97. The molecule has 2 N–H and O–H groups in total. The van der Waals surface area contributed by atoms with Gasteiger partial charge in [-0.2, -0.15) is 0 Å². The van der Waals surface area contributed by atoms with Crippen molar-refractivity contribution >= 4 is 23.5 Å². The molecule has 1 aromatic rings. The molecule has 1 rings (SSSR count). The van der Waals surface area contributed by atoms with Gasteiger partial charge in [-0.05, 0) is 12.5 Å². The van der Waals surface area contributed by atoms with Crippen molar-refractivity contribution in [2.45, 2.75) is 10.3 Å². The minimum absolute atomic E-state index is 0.740. The highest BCUT2D eigenvalue weighted by Gasteiger charge is 2.05. The topological polar surface area (TPSA) is 56.7 Å². The highest BCUT2D eigenvalue weighted by atomic mass is 32.2. The minimum atomic E-state index is 0.740. The molecule has 0 aliphatic heterocycles. The average molecular weight is 176 g/mol. The van der Waals surface area contributed by atoms with Gasteiger partial charge in [0.1, 0.15) is 0 Å². The molecule has 1 heterocycles. The van der Waals surface area contributed by atoms with E-state index in [0.717, 1.165) is 10.3 Å². The third-order valence-corrected chi connectivity index (χ3v) is 2.29. The van der Waals surface area contributed by atoms with Gasteiger partial charge in [0, 0.05) is 0 Å². The molecule has 0 radical (unpaired) electrons. The zero-order valence-corrected chi connectivity index (χ0v) is 7.37. The van der Waals surface area contributed by atoms with Crippen LogP contribution in [0.5, 0.6) is 0 Å². The van der Waals surface area contributed by atoms with Gasteiger partial charge >= 0.3 is 0 Å². The fourth-order valence-electron chi connectivity index (χ4n) is 0.542. The standard InChI is InChI=1S/C4H8N4S2/c1-9-3-6-7-4(10-2)8(3)5/h5H2,1-2H3. The Morgan fingerprint density at radius 2 is 1.60 bits per heavy atom. The van der Waals surface area contributed by atoms with E-state index in [-0.39, 0.29) is 0 Å². The molecule has 0 aromatic carbocycles. The molecule has 0 fully saturated rings. The molecule has 0 saturated carbocycles. The van der Waals surface area contributed by atoms with Crippen LogP contribution in [0.4, 0.5) is 0 Å². The SMILES string of the molecule is CSc1nnc(SC)n1N. The lowest BCUT2D eigenvalue weighted by atomic mass is 11.2. The van der Waals surface area contributed by atoms with Crippen molar-refractivity contribution in [2.24, 2.45) is 0 Å². The number of nitrogens with two attached hydrogens (primary N) is 1. The lowest BCUT2D eigenvalue weighted by molar-refractivity contribution is 0.784. The fraction of sp³-hybridized carbons (Fsp3) is 0.500. The van der Waals surface area contributed by atoms with Gasteiger partial charge in [-0.15, -0.1) is 10.2 Å². The Kier molecular flexibility index (Phi) is 2.44. The van der Waals surface area contributed by atoms with Gasteiger partial charge in [0.15, 0.2) is 0 Å². The Hall–Kier alpha value is -0.360. The molecule has 0 aliphatic carbocycles. The van der Waals surface area contributed by atoms with E-state index in [1.807, 2.05) is 12.5 Å².